The van der Waals surface area contributed by atoms with Crippen LogP contribution in [-0.4, -0.2) is 9.78 Å². The first-order valence-electron chi connectivity index (χ1n) is 4.33. The molecule has 0 atom stereocenters. The summed E-state index contributed by atoms with van der Waals surface area (Å²) in [6.45, 7) is 0. The second-order valence-corrected chi connectivity index (χ2v) is 4.38. The van der Waals surface area contributed by atoms with Gasteiger partial charge in [-0.05, 0) is 22.0 Å². The predicted molar refractivity (Wildman–Crippen MR) is 65.8 cm³/mol. The molecule has 1 aromatic carbocycles. The lowest BCUT2D eigenvalue weighted by molar-refractivity contribution is 0.782. The van der Waals surface area contributed by atoms with E-state index in [2.05, 4.69) is 21.0 Å². The highest BCUT2D eigenvalue weighted by molar-refractivity contribution is 9.10. The minimum atomic E-state index is 0.622. The van der Waals surface area contributed by atoms with E-state index in [0.29, 0.717) is 10.8 Å². The van der Waals surface area contributed by atoms with Crippen LogP contribution in [0.2, 0.25) is 5.02 Å². The van der Waals surface area contributed by atoms with Crippen LogP contribution in [0.3, 0.4) is 0 Å². The number of benzene rings is 1. The highest BCUT2D eigenvalue weighted by Gasteiger charge is 2.10. The van der Waals surface area contributed by atoms with Crippen molar-refractivity contribution < 1.29 is 0 Å². The molecule has 1 aromatic heterocycles. The van der Waals surface area contributed by atoms with Crippen molar-refractivity contribution >= 4 is 33.3 Å². The fourth-order valence-electron chi connectivity index (χ4n) is 1.31. The third-order valence-corrected chi connectivity index (χ3v) is 3.54. The van der Waals surface area contributed by atoms with E-state index in [9.17, 15) is 0 Å². The Bertz CT molecular complexity index is 488. The highest BCUT2D eigenvalue weighted by atomic mass is 79.9. The van der Waals surface area contributed by atoms with E-state index in [1.165, 1.54) is 0 Å². The SMILES string of the molecule is Cn1nc(-c2cccc(Cl)c2Br)cc1N. The van der Waals surface area contributed by atoms with Crippen molar-refractivity contribution in [3.05, 3.63) is 33.8 Å². The maximum Gasteiger partial charge on any atom is 0.121 e. The van der Waals surface area contributed by atoms with Crippen molar-refractivity contribution in [1.82, 2.24) is 9.78 Å². The van der Waals surface area contributed by atoms with E-state index in [0.717, 1.165) is 15.7 Å². The van der Waals surface area contributed by atoms with Crippen LogP contribution < -0.4 is 5.73 Å². The summed E-state index contributed by atoms with van der Waals surface area (Å²) in [6.07, 6.45) is 0. The van der Waals surface area contributed by atoms with Crippen molar-refractivity contribution in [3.8, 4) is 11.3 Å². The summed E-state index contributed by atoms with van der Waals surface area (Å²) in [6, 6.07) is 7.46. The fourth-order valence-corrected chi connectivity index (χ4v) is 1.96. The number of hydrogen-bond acceptors (Lipinski definition) is 2. The molecule has 0 aliphatic carbocycles. The van der Waals surface area contributed by atoms with Crippen LogP contribution >= 0.6 is 27.5 Å². The number of rotatable bonds is 1. The molecule has 5 heteroatoms. The number of nitrogen functional groups attached to an aromatic ring is 1. The summed E-state index contributed by atoms with van der Waals surface area (Å²) < 4.78 is 2.47. The maximum atomic E-state index is 6.00. The standard InChI is InChI=1S/C10H9BrClN3/c1-15-9(13)5-8(14-15)6-3-2-4-7(12)10(6)11/h2-5H,13H2,1H3. The highest BCUT2D eigenvalue weighted by Crippen LogP contribution is 2.33. The molecule has 0 bridgehead atoms. The lowest BCUT2D eigenvalue weighted by Gasteiger charge is -2.01. The van der Waals surface area contributed by atoms with E-state index >= 15 is 0 Å². The van der Waals surface area contributed by atoms with Gasteiger partial charge in [-0.2, -0.15) is 5.10 Å². The van der Waals surface area contributed by atoms with Gasteiger partial charge in [0.15, 0.2) is 0 Å². The Morgan fingerprint density at radius 2 is 2.20 bits per heavy atom. The second-order valence-electron chi connectivity index (χ2n) is 3.18. The van der Waals surface area contributed by atoms with Crippen LogP contribution in [0.5, 0.6) is 0 Å². The van der Waals surface area contributed by atoms with Crippen molar-refractivity contribution in [3.63, 3.8) is 0 Å². The van der Waals surface area contributed by atoms with E-state index in [1.54, 1.807) is 11.7 Å². The van der Waals surface area contributed by atoms with Crippen LogP contribution in [0.15, 0.2) is 28.7 Å². The topological polar surface area (TPSA) is 43.8 Å². The summed E-state index contributed by atoms with van der Waals surface area (Å²) in [5, 5.41) is 4.95. The molecule has 2 rings (SSSR count). The lowest BCUT2D eigenvalue weighted by Crippen LogP contribution is -1.96. The van der Waals surface area contributed by atoms with Gasteiger partial charge in [0.1, 0.15) is 5.82 Å². The third-order valence-electron chi connectivity index (χ3n) is 2.14. The largest absolute Gasteiger partial charge is 0.384 e. The summed E-state index contributed by atoms with van der Waals surface area (Å²) >= 11 is 9.43. The summed E-state index contributed by atoms with van der Waals surface area (Å²) in [4.78, 5) is 0. The van der Waals surface area contributed by atoms with Gasteiger partial charge in [0.2, 0.25) is 0 Å². The zero-order valence-electron chi connectivity index (χ0n) is 8.04. The first-order chi connectivity index (χ1) is 7.09. The lowest BCUT2D eigenvalue weighted by atomic mass is 10.1. The molecule has 0 aliphatic rings. The van der Waals surface area contributed by atoms with Gasteiger partial charge in [-0.3, -0.25) is 4.68 Å². The van der Waals surface area contributed by atoms with Gasteiger partial charge in [-0.25, -0.2) is 0 Å². The number of halogens is 2. The molecular weight excluding hydrogens is 277 g/mol. The van der Waals surface area contributed by atoms with Gasteiger partial charge < -0.3 is 5.73 Å². The first-order valence-corrected chi connectivity index (χ1v) is 5.50. The Balaban J connectivity index is 2.59. The van der Waals surface area contributed by atoms with Gasteiger partial charge in [-0.15, -0.1) is 0 Å². The van der Waals surface area contributed by atoms with Crippen molar-refractivity contribution in [1.29, 1.82) is 0 Å². The molecule has 0 aliphatic heterocycles. The van der Waals surface area contributed by atoms with E-state index in [4.69, 9.17) is 17.3 Å². The Labute approximate surface area is 101 Å². The molecular formula is C10H9BrClN3. The molecule has 78 valence electrons. The second kappa shape index (κ2) is 3.87. The van der Waals surface area contributed by atoms with Crippen molar-refractivity contribution in [2.24, 2.45) is 7.05 Å². The Morgan fingerprint density at radius 1 is 1.47 bits per heavy atom. The minimum absolute atomic E-state index is 0.622. The molecule has 0 amide bonds. The van der Waals surface area contributed by atoms with Crippen molar-refractivity contribution in [2.45, 2.75) is 0 Å². The Hall–Kier alpha value is -1.00. The van der Waals surface area contributed by atoms with E-state index in [-0.39, 0.29) is 0 Å². The third kappa shape index (κ3) is 1.87. The maximum absolute atomic E-state index is 6.00. The molecule has 0 fully saturated rings. The average molecular weight is 287 g/mol. The molecule has 3 nitrogen and oxygen atoms in total. The number of hydrogen-bond donors (Lipinski definition) is 1. The van der Waals surface area contributed by atoms with Gasteiger partial charge in [0.05, 0.1) is 10.7 Å². The zero-order chi connectivity index (χ0) is 11.0. The summed E-state index contributed by atoms with van der Waals surface area (Å²) in [5.41, 5.74) is 7.47. The zero-order valence-corrected chi connectivity index (χ0v) is 10.4. The molecule has 0 radical (unpaired) electrons. The number of aromatic nitrogens is 2. The normalized spacial score (nSPS) is 10.6. The number of anilines is 1. The Morgan fingerprint density at radius 3 is 2.80 bits per heavy atom. The van der Waals surface area contributed by atoms with Crippen LogP contribution in [0.25, 0.3) is 11.3 Å². The minimum Gasteiger partial charge on any atom is -0.384 e. The molecule has 2 N–H and O–H groups in total. The fraction of sp³-hybridized carbons (Fsp3) is 0.100. The smallest absolute Gasteiger partial charge is 0.121 e. The molecule has 0 unspecified atom stereocenters. The van der Waals surface area contributed by atoms with Gasteiger partial charge in [-0.1, -0.05) is 23.7 Å². The first kappa shape index (κ1) is 10.5. The molecule has 0 saturated carbocycles. The molecule has 1 heterocycles. The number of nitrogens with zero attached hydrogens (tertiary/aromatic N) is 2. The van der Waals surface area contributed by atoms with E-state index < -0.39 is 0 Å². The average Bonchev–Trinajstić information content (AvgIpc) is 2.51. The van der Waals surface area contributed by atoms with Crippen LogP contribution in [-0.2, 0) is 7.05 Å². The molecule has 0 saturated heterocycles. The quantitative estimate of drug-likeness (QED) is 0.875. The van der Waals surface area contributed by atoms with Gasteiger partial charge in [0.25, 0.3) is 0 Å². The van der Waals surface area contributed by atoms with Crippen LogP contribution in [0.1, 0.15) is 0 Å². The van der Waals surface area contributed by atoms with Gasteiger partial charge >= 0.3 is 0 Å². The number of nitrogens with two attached hydrogens (primary N) is 1. The number of aryl methyl sites for hydroxylation is 1. The van der Waals surface area contributed by atoms with Crippen LogP contribution in [0.4, 0.5) is 5.82 Å². The molecule has 2 aromatic rings. The molecule has 0 spiro atoms. The summed E-state index contributed by atoms with van der Waals surface area (Å²) in [7, 11) is 1.80. The summed E-state index contributed by atoms with van der Waals surface area (Å²) in [5.74, 6) is 0.622. The van der Waals surface area contributed by atoms with Crippen molar-refractivity contribution in [2.75, 3.05) is 5.73 Å². The predicted octanol–water partition coefficient (Wildman–Crippen LogP) is 3.09. The van der Waals surface area contributed by atoms with E-state index in [1.807, 2.05) is 24.3 Å². The Kier molecular flexibility index (Phi) is 2.71. The van der Waals surface area contributed by atoms with Gasteiger partial charge in [0, 0.05) is 23.2 Å². The molecule has 15 heavy (non-hydrogen) atoms. The van der Waals surface area contributed by atoms with Crippen LogP contribution in [0, 0.1) is 0 Å². The monoisotopic (exact) mass is 285 g/mol.